The summed E-state index contributed by atoms with van der Waals surface area (Å²) in [5.74, 6) is 1.29. The Hall–Kier alpha value is -1.81. The molecule has 0 saturated heterocycles. The Morgan fingerprint density at radius 1 is 1.39 bits per heavy atom. The highest BCUT2D eigenvalue weighted by Gasteiger charge is 2.16. The highest BCUT2D eigenvalue weighted by molar-refractivity contribution is 5.94. The highest BCUT2D eigenvalue weighted by atomic mass is 16.7. The molecule has 0 radical (unpaired) electrons. The number of benzene rings is 1. The SMILES string of the molecule is CC(C)(O)CC(=O)C=Cc1ccc2c(c1)OCO2. The second-order valence-corrected chi connectivity index (χ2v) is 4.90. The van der Waals surface area contributed by atoms with E-state index in [1.165, 1.54) is 6.08 Å². The van der Waals surface area contributed by atoms with Gasteiger partial charge >= 0.3 is 0 Å². The minimum atomic E-state index is -0.976. The molecule has 0 atom stereocenters. The van der Waals surface area contributed by atoms with Crippen molar-refractivity contribution in [1.29, 1.82) is 0 Å². The molecule has 0 aromatic heterocycles. The summed E-state index contributed by atoms with van der Waals surface area (Å²) in [5, 5.41) is 9.52. The summed E-state index contributed by atoms with van der Waals surface area (Å²) in [6.45, 7) is 3.46. The van der Waals surface area contributed by atoms with Crippen molar-refractivity contribution in [2.24, 2.45) is 0 Å². The molecule has 1 aliphatic heterocycles. The van der Waals surface area contributed by atoms with Crippen LogP contribution in [-0.2, 0) is 4.79 Å². The summed E-state index contributed by atoms with van der Waals surface area (Å²) in [4.78, 5) is 11.6. The summed E-state index contributed by atoms with van der Waals surface area (Å²) in [5.41, 5.74) is -0.112. The predicted octanol–water partition coefficient (Wildman–Crippen LogP) is 2.16. The largest absolute Gasteiger partial charge is 0.454 e. The first-order chi connectivity index (χ1) is 8.44. The van der Waals surface area contributed by atoms with Crippen molar-refractivity contribution in [1.82, 2.24) is 0 Å². The molecule has 0 amide bonds. The molecule has 4 heteroatoms. The van der Waals surface area contributed by atoms with Gasteiger partial charge in [0.15, 0.2) is 17.3 Å². The van der Waals surface area contributed by atoms with E-state index < -0.39 is 5.60 Å². The number of hydrogen-bond donors (Lipinski definition) is 1. The van der Waals surface area contributed by atoms with Crippen LogP contribution in [0.15, 0.2) is 24.3 Å². The minimum Gasteiger partial charge on any atom is -0.454 e. The van der Waals surface area contributed by atoms with Crippen LogP contribution in [0.5, 0.6) is 11.5 Å². The first-order valence-electron chi connectivity index (χ1n) is 5.77. The van der Waals surface area contributed by atoms with Gasteiger partial charge < -0.3 is 14.6 Å². The van der Waals surface area contributed by atoms with Crippen molar-refractivity contribution >= 4 is 11.9 Å². The van der Waals surface area contributed by atoms with Crippen LogP contribution in [0.2, 0.25) is 0 Å². The Kier molecular flexibility index (Phi) is 3.39. The van der Waals surface area contributed by atoms with Gasteiger partial charge in [0.2, 0.25) is 6.79 Å². The van der Waals surface area contributed by atoms with Gasteiger partial charge in [0.1, 0.15) is 0 Å². The second-order valence-electron chi connectivity index (χ2n) is 4.90. The molecule has 1 N–H and O–H groups in total. The van der Waals surface area contributed by atoms with Gasteiger partial charge in [-0.2, -0.15) is 0 Å². The van der Waals surface area contributed by atoms with Crippen molar-refractivity contribution in [2.45, 2.75) is 25.9 Å². The molecule has 0 spiro atoms. The number of carbonyl (C=O) groups excluding carboxylic acids is 1. The quantitative estimate of drug-likeness (QED) is 0.829. The molecular formula is C14H16O4. The first kappa shape index (κ1) is 12.6. The number of ether oxygens (including phenoxy) is 2. The number of hydrogen-bond acceptors (Lipinski definition) is 4. The Morgan fingerprint density at radius 3 is 2.83 bits per heavy atom. The second kappa shape index (κ2) is 4.82. The monoisotopic (exact) mass is 248 g/mol. The summed E-state index contributed by atoms with van der Waals surface area (Å²) in [6, 6.07) is 5.47. The summed E-state index contributed by atoms with van der Waals surface area (Å²) in [6.07, 6.45) is 3.28. The number of aliphatic hydroxyl groups is 1. The van der Waals surface area contributed by atoms with Crippen LogP contribution >= 0.6 is 0 Å². The van der Waals surface area contributed by atoms with Crippen molar-refractivity contribution in [3.05, 3.63) is 29.8 Å². The number of rotatable bonds is 4. The lowest BCUT2D eigenvalue weighted by Crippen LogP contribution is -2.22. The fourth-order valence-corrected chi connectivity index (χ4v) is 1.69. The van der Waals surface area contributed by atoms with Gasteiger partial charge in [-0.1, -0.05) is 12.1 Å². The first-order valence-corrected chi connectivity index (χ1v) is 5.77. The molecule has 2 rings (SSSR count). The maximum Gasteiger partial charge on any atom is 0.231 e. The molecule has 96 valence electrons. The average molecular weight is 248 g/mol. The van der Waals surface area contributed by atoms with E-state index in [9.17, 15) is 9.90 Å². The number of allylic oxidation sites excluding steroid dienone is 1. The number of fused-ring (bicyclic) bond motifs is 1. The lowest BCUT2D eigenvalue weighted by molar-refractivity contribution is -0.118. The van der Waals surface area contributed by atoms with E-state index in [4.69, 9.17) is 9.47 Å². The maximum atomic E-state index is 11.6. The fourth-order valence-electron chi connectivity index (χ4n) is 1.69. The Bertz CT molecular complexity index is 483. The molecule has 1 aromatic rings. The van der Waals surface area contributed by atoms with E-state index in [0.717, 1.165) is 11.3 Å². The molecule has 1 aromatic carbocycles. The van der Waals surface area contributed by atoms with E-state index in [0.29, 0.717) is 5.75 Å². The van der Waals surface area contributed by atoms with Gasteiger partial charge in [-0.25, -0.2) is 0 Å². The zero-order valence-corrected chi connectivity index (χ0v) is 10.5. The van der Waals surface area contributed by atoms with E-state index >= 15 is 0 Å². The van der Waals surface area contributed by atoms with Gasteiger partial charge in [-0.05, 0) is 37.6 Å². The zero-order chi connectivity index (χ0) is 13.2. The van der Waals surface area contributed by atoms with Crippen LogP contribution in [0.4, 0.5) is 0 Å². The molecule has 18 heavy (non-hydrogen) atoms. The molecule has 1 aliphatic rings. The van der Waals surface area contributed by atoms with Crippen LogP contribution in [0, 0.1) is 0 Å². The van der Waals surface area contributed by atoms with E-state index in [-0.39, 0.29) is 19.0 Å². The molecule has 0 unspecified atom stereocenters. The van der Waals surface area contributed by atoms with E-state index in [2.05, 4.69) is 0 Å². The summed E-state index contributed by atoms with van der Waals surface area (Å²) in [7, 11) is 0. The maximum absolute atomic E-state index is 11.6. The van der Waals surface area contributed by atoms with Crippen LogP contribution < -0.4 is 9.47 Å². The van der Waals surface area contributed by atoms with Crippen LogP contribution in [-0.4, -0.2) is 23.3 Å². The molecule has 0 aliphatic carbocycles. The fraction of sp³-hybridized carbons (Fsp3) is 0.357. The molecule has 0 fully saturated rings. The van der Waals surface area contributed by atoms with Crippen LogP contribution in [0.25, 0.3) is 6.08 Å². The van der Waals surface area contributed by atoms with Gasteiger partial charge in [0.25, 0.3) is 0 Å². The van der Waals surface area contributed by atoms with Crippen LogP contribution in [0.3, 0.4) is 0 Å². The van der Waals surface area contributed by atoms with Crippen molar-refractivity contribution in [3.63, 3.8) is 0 Å². The van der Waals surface area contributed by atoms with Crippen molar-refractivity contribution in [2.75, 3.05) is 6.79 Å². The highest BCUT2D eigenvalue weighted by Crippen LogP contribution is 2.32. The number of carbonyl (C=O) groups is 1. The summed E-state index contributed by atoms with van der Waals surface area (Å²) >= 11 is 0. The predicted molar refractivity (Wildman–Crippen MR) is 67.5 cm³/mol. The van der Waals surface area contributed by atoms with Crippen molar-refractivity contribution < 1.29 is 19.4 Å². The minimum absolute atomic E-state index is 0.105. The lowest BCUT2D eigenvalue weighted by atomic mass is 10.0. The summed E-state index contributed by atoms with van der Waals surface area (Å²) < 4.78 is 10.4. The zero-order valence-electron chi connectivity index (χ0n) is 10.5. The van der Waals surface area contributed by atoms with Gasteiger partial charge in [-0.15, -0.1) is 0 Å². The van der Waals surface area contributed by atoms with E-state index in [1.54, 1.807) is 19.9 Å². The van der Waals surface area contributed by atoms with E-state index in [1.807, 2.05) is 18.2 Å². The Labute approximate surface area is 106 Å². The van der Waals surface area contributed by atoms with Crippen LogP contribution in [0.1, 0.15) is 25.8 Å². The number of ketones is 1. The van der Waals surface area contributed by atoms with Gasteiger partial charge in [0, 0.05) is 6.42 Å². The average Bonchev–Trinajstić information content (AvgIpc) is 2.71. The molecular weight excluding hydrogens is 232 g/mol. The lowest BCUT2D eigenvalue weighted by Gasteiger charge is -2.13. The topological polar surface area (TPSA) is 55.8 Å². The smallest absolute Gasteiger partial charge is 0.231 e. The van der Waals surface area contributed by atoms with Gasteiger partial charge in [0.05, 0.1) is 5.60 Å². The van der Waals surface area contributed by atoms with Gasteiger partial charge in [-0.3, -0.25) is 4.79 Å². The molecule has 4 nitrogen and oxygen atoms in total. The van der Waals surface area contributed by atoms with Crippen molar-refractivity contribution in [3.8, 4) is 11.5 Å². The Morgan fingerprint density at radius 2 is 2.11 bits per heavy atom. The molecule has 0 bridgehead atoms. The molecule has 1 heterocycles. The standard InChI is InChI=1S/C14H16O4/c1-14(2,16)8-11(15)5-3-10-4-6-12-13(7-10)18-9-17-12/h3-7,16H,8-9H2,1-2H3. The molecule has 0 saturated carbocycles. The third kappa shape index (κ3) is 3.34. The third-order valence-corrected chi connectivity index (χ3v) is 2.47. The third-order valence-electron chi connectivity index (χ3n) is 2.47. The Balaban J connectivity index is 2.03. The normalized spacial score (nSPS) is 14.2.